The van der Waals surface area contributed by atoms with E-state index in [9.17, 15) is 9.59 Å². The van der Waals surface area contributed by atoms with E-state index < -0.39 is 0 Å². The first kappa shape index (κ1) is 23.5. The van der Waals surface area contributed by atoms with E-state index in [1.54, 1.807) is 18.2 Å². The Balaban J connectivity index is 1.35. The first-order valence-corrected chi connectivity index (χ1v) is 11.8. The predicted octanol–water partition coefficient (Wildman–Crippen LogP) is 3.75. The van der Waals surface area contributed by atoms with Crippen LogP contribution < -0.4 is 10.1 Å². The molecule has 2 amide bonds. The number of piperazine rings is 1. The van der Waals surface area contributed by atoms with E-state index in [1.165, 1.54) is 11.1 Å². The Hall–Kier alpha value is -3.64. The van der Waals surface area contributed by atoms with Crippen molar-refractivity contribution in [2.24, 2.45) is 0 Å². The fourth-order valence-corrected chi connectivity index (χ4v) is 4.41. The molecule has 0 spiro atoms. The van der Waals surface area contributed by atoms with Crippen molar-refractivity contribution < 1.29 is 14.3 Å². The molecule has 1 saturated heterocycles. The lowest BCUT2D eigenvalue weighted by Gasteiger charge is -2.39. The van der Waals surface area contributed by atoms with E-state index in [0.29, 0.717) is 31.0 Å². The SMILES string of the molecule is CCOc1ccccc1C(=O)NCC(=O)N1CCN(C(c2ccccc2)c2ccccc2)CC1. The van der Waals surface area contributed by atoms with E-state index in [4.69, 9.17) is 4.74 Å². The van der Waals surface area contributed by atoms with Crippen LogP contribution >= 0.6 is 0 Å². The summed E-state index contributed by atoms with van der Waals surface area (Å²) >= 11 is 0. The molecular weight excluding hydrogens is 426 g/mol. The zero-order valence-corrected chi connectivity index (χ0v) is 19.5. The van der Waals surface area contributed by atoms with Gasteiger partial charge in [0, 0.05) is 26.2 Å². The monoisotopic (exact) mass is 457 g/mol. The summed E-state index contributed by atoms with van der Waals surface area (Å²) in [6.07, 6.45) is 0. The van der Waals surface area contributed by atoms with E-state index in [1.807, 2.05) is 30.0 Å². The number of carbonyl (C=O) groups excluding carboxylic acids is 2. The largest absolute Gasteiger partial charge is 0.493 e. The summed E-state index contributed by atoms with van der Waals surface area (Å²) in [5.74, 6) is 0.151. The molecule has 4 rings (SSSR count). The summed E-state index contributed by atoms with van der Waals surface area (Å²) in [5.41, 5.74) is 2.93. The quantitative estimate of drug-likeness (QED) is 0.560. The molecule has 1 N–H and O–H groups in total. The van der Waals surface area contributed by atoms with Gasteiger partial charge in [-0.1, -0.05) is 72.8 Å². The van der Waals surface area contributed by atoms with Gasteiger partial charge in [0.2, 0.25) is 5.91 Å². The zero-order chi connectivity index (χ0) is 23.8. The number of hydrogen-bond acceptors (Lipinski definition) is 4. The highest BCUT2D eigenvalue weighted by Crippen LogP contribution is 2.29. The Bertz CT molecular complexity index is 1040. The molecule has 6 nitrogen and oxygen atoms in total. The van der Waals surface area contributed by atoms with Crippen molar-refractivity contribution in [2.45, 2.75) is 13.0 Å². The Morgan fingerprint density at radius 2 is 1.38 bits per heavy atom. The van der Waals surface area contributed by atoms with E-state index in [0.717, 1.165) is 13.1 Å². The number of nitrogens with one attached hydrogen (secondary N) is 1. The van der Waals surface area contributed by atoms with Crippen LogP contribution in [0.15, 0.2) is 84.9 Å². The minimum Gasteiger partial charge on any atom is -0.493 e. The summed E-state index contributed by atoms with van der Waals surface area (Å²) in [7, 11) is 0. The Morgan fingerprint density at radius 3 is 1.97 bits per heavy atom. The van der Waals surface area contributed by atoms with E-state index in [-0.39, 0.29) is 24.4 Å². The third kappa shape index (κ3) is 5.64. The number of amides is 2. The Morgan fingerprint density at radius 1 is 0.824 bits per heavy atom. The maximum atomic E-state index is 12.8. The molecule has 3 aromatic rings. The molecule has 1 aliphatic rings. The number of hydrogen-bond donors (Lipinski definition) is 1. The molecule has 0 saturated carbocycles. The van der Waals surface area contributed by atoms with Crippen LogP contribution in [0.4, 0.5) is 0 Å². The van der Waals surface area contributed by atoms with Crippen LogP contribution in [0.1, 0.15) is 34.5 Å². The average Bonchev–Trinajstić information content (AvgIpc) is 2.89. The molecule has 0 atom stereocenters. The fraction of sp³-hybridized carbons (Fsp3) is 0.286. The van der Waals surface area contributed by atoms with Gasteiger partial charge < -0.3 is 15.0 Å². The second-order valence-electron chi connectivity index (χ2n) is 8.25. The molecule has 6 heteroatoms. The molecule has 34 heavy (non-hydrogen) atoms. The molecule has 1 heterocycles. The van der Waals surface area contributed by atoms with Gasteiger partial charge in [0.25, 0.3) is 5.91 Å². The highest BCUT2D eigenvalue weighted by atomic mass is 16.5. The van der Waals surface area contributed by atoms with Crippen LogP contribution in [-0.4, -0.2) is 60.9 Å². The molecule has 0 radical (unpaired) electrons. The third-order valence-electron chi connectivity index (χ3n) is 6.09. The smallest absolute Gasteiger partial charge is 0.255 e. The summed E-state index contributed by atoms with van der Waals surface area (Å²) in [5, 5.41) is 2.76. The molecule has 0 aliphatic carbocycles. The van der Waals surface area contributed by atoms with E-state index >= 15 is 0 Å². The second kappa shape index (κ2) is 11.5. The Kier molecular flexibility index (Phi) is 7.94. The molecular formula is C28H31N3O3. The normalized spacial score (nSPS) is 14.1. The van der Waals surface area contributed by atoms with Crippen LogP contribution in [0.2, 0.25) is 0 Å². The summed E-state index contributed by atoms with van der Waals surface area (Å²) in [6, 6.07) is 28.2. The van der Waals surface area contributed by atoms with Crippen molar-refractivity contribution in [1.29, 1.82) is 0 Å². The highest BCUT2D eigenvalue weighted by Gasteiger charge is 2.28. The van der Waals surface area contributed by atoms with Crippen LogP contribution in [0, 0.1) is 0 Å². The third-order valence-corrected chi connectivity index (χ3v) is 6.09. The van der Waals surface area contributed by atoms with Gasteiger partial charge in [-0.3, -0.25) is 14.5 Å². The minimum absolute atomic E-state index is 0.0277. The lowest BCUT2D eigenvalue weighted by molar-refractivity contribution is -0.132. The van der Waals surface area contributed by atoms with Crippen molar-refractivity contribution in [3.8, 4) is 5.75 Å². The maximum Gasteiger partial charge on any atom is 0.255 e. The zero-order valence-electron chi connectivity index (χ0n) is 19.5. The van der Waals surface area contributed by atoms with Crippen molar-refractivity contribution >= 4 is 11.8 Å². The standard InChI is InChI=1S/C28H31N3O3/c1-2-34-25-16-10-9-15-24(25)28(33)29-21-26(32)30-17-19-31(20-18-30)27(22-11-5-3-6-12-22)23-13-7-4-8-14-23/h3-16,27H,2,17-21H2,1H3,(H,29,33). The van der Waals surface area contributed by atoms with Crippen LogP contribution in [0.5, 0.6) is 5.75 Å². The average molecular weight is 458 g/mol. The topological polar surface area (TPSA) is 61.9 Å². The second-order valence-corrected chi connectivity index (χ2v) is 8.25. The van der Waals surface area contributed by atoms with Gasteiger partial charge >= 0.3 is 0 Å². The lowest BCUT2D eigenvalue weighted by atomic mass is 9.96. The number of benzene rings is 3. The van der Waals surface area contributed by atoms with Crippen LogP contribution in [-0.2, 0) is 4.79 Å². The number of rotatable bonds is 8. The molecule has 0 unspecified atom stereocenters. The Labute approximate surface area is 201 Å². The first-order valence-electron chi connectivity index (χ1n) is 11.8. The molecule has 0 bridgehead atoms. The molecule has 3 aromatic carbocycles. The lowest BCUT2D eigenvalue weighted by Crippen LogP contribution is -2.52. The summed E-state index contributed by atoms with van der Waals surface area (Å²) in [4.78, 5) is 29.7. The summed E-state index contributed by atoms with van der Waals surface area (Å²) in [6.45, 7) is 5.10. The van der Waals surface area contributed by atoms with Gasteiger partial charge in [0.05, 0.1) is 24.8 Å². The fourth-order valence-electron chi connectivity index (χ4n) is 4.41. The van der Waals surface area contributed by atoms with Crippen molar-refractivity contribution in [3.63, 3.8) is 0 Å². The van der Waals surface area contributed by atoms with Crippen LogP contribution in [0.25, 0.3) is 0 Å². The number of carbonyl (C=O) groups is 2. The molecule has 176 valence electrons. The van der Waals surface area contributed by atoms with Gasteiger partial charge in [-0.15, -0.1) is 0 Å². The van der Waals surface area contributed by atoms with Gasteiger partial charge in [0.15, 0.2) is 0 Å². The van der Waals surface area contributed by atoms with Crippen molar-refractivity contribution in [1.82, 2.24) is 15.1 Å². The van der Waals surface area contributed by atoms with Gasteiger partial charge in [-0.05, 0) is 30.2 Å². The highest BCUT2D eigenvalue weighted by molar-refractivity contribution is 5.98. The summed E-state index contributed by atoms with van der Waals surface area (Å²) < 4.78 is 5.53. The van der Waals surface area contributed by atoms with Crippen LogP contribution in [0.3, 0.4) is 0 Å². The molecule has 0 aromatic heterocycles. The first-order chi connectivity index (χ1) is 16.7. The van der Waals surface area contributed by atoms with Gasteiger partial charge in [0.1, 0.15) is 5.75 Å². The maximum absolute atomic E-state index is 12.8. The number of nitrogens with zero attached hydrogens (tertiary/aromatic N) is 2. The van der Waals surface area contributed by atoms with E-state index in [2.05, 4.69) is 58.7 Å². The number of ether oxygens (including phenoxy) is 1. The molecule has 1 fully saturated rings. The van der Waals surface area contributed by atoms with Crippen molar-refractivity contribution in [3.05, 3.63) is 102 Å². The predicted molar refractivity (Wildman–Crippen MR) is 133 cm³/mol. The minimum atomic E-state index is -0.302. The van der Waals surface area contributed by atoms with Gasteiger partial charge in [-0.2, -0.15) is 0 Å². The van der Waals surface area contributed by atoms with Crippen molar-refractivity contribution in [2.75, 3.05) is 39.3 Å². The number of para-hydroxylation sites is 1. The molecule has 1 aliphatic heterocycles. The van der Waals surface area contributed by atoms with Gasteiger partial charge in [-0.25, -0.2) is 0 Å².